The summed E-state index contributed by atoms with van der Waals surface area (Å²) >= 11 is 0. The van der Waals surface area contributed by atoms with Crippen molar-refractivity contribution in [1.29, 1.82) is 0 Å². The standard InChI is InChI=1S/C17H17N3O2S/c1-13-18-9-12-19(13)10-4-11-20-15-7-2-5-14-6-3-8-16(17(14)15)23(20,21)22/h2-3,5-9,12H,4,10-11H2,1H3. The Bertz CT molecular complexity index is 987. The molecule has 0 spiro atoms. The molecule has 0 bridgehead atoms. The van der Waals surface area contributed by atoms with E-state index >= 15 is 0 Å². The predicted octanol–water partition coefficient (Wildman–Crippen LogP) is 2.94. The molecule has 0 saturated carbocycles. The van der Waals surface area contributed by atoms with Crippen molar-refractivity contribution in [3.05, 3.63) is 54.6 Å². The van der Waals surface area contributed by atoms with Gasteiger partial charge in [0.05, 0.1) is 10.6 Å². The van der Waals surface area contributed by atoms with E-state index < -0.39 is 10.0 Å². The zero-order valence-electron chi connectivity index (χ0n) is 12.8. The summed E-state index contributed by atoms with van der Waals surface area (Å²) < 4.78 is 29.2. The molecule has 0 N–H and O–H groups in total. The van der Waals surface area contributed by atoms with E-state index in [0.717, 1.165) is 35.2 Å². The van der Waals surface area contributed by atoms with Gasteiger partial charge in [-0.25, -0.2) is 13.4 Å². The minimum Gasteiger partial charge on any atom is -0.335 e. The second-order valence-electron chi connectivity index (χ2n) is 5.73. The van der Waals surface area contributed by atoms with Gasteiger partial charge in [-0.1, -0.05) is 24.3 Å². The van der Waals surface area contributed by atoms with E-state index in [1.54, 1.807) is 18.3 Å². The van der Waals surface area contributed by atoms with Gasteiger partial charge in [-0.3, -0.25) is 4.31 Å². The second kappa shape index (κ2) is 5.09. The topological polar surface area (TPSA) is 55.2 Å². The minimum atomic E-state index is -3.44. The van der Waals surface area contributed by atoms with Crippen LogP contribution in [0.25, 0.3) is 10.8 Å². The maximum atomic E-state index is 12.8. The lowest BCUT2D eigenvalue weighted by atomic mass is 10.1. The number of hydrogen-bond acceptors (Lipinski definition) is 3. The van der Waals surface area contributed by atoms with Gasteiger partial charge in [0.15, 0.2) is 0 Å². The Hall–Kier alpha value is -2.34. The van der Waals surface area contributed by atoms with E-state index in [1.165, 1.54) is 4.31 Å². The third-order valence-corrected chi connectivity index (χ3v) is 6.22. The molecule has 2 aromatic carbocycles. The maximum Gasteiger partial charge on any atom is 0.265 e. The van der Waals surface area contributed by atoms with E-state index in [0.29, 0.717) is 11.4 Å². The number of aryl methyl sites for hydroxylation is 2. The average molecular weight is 327 g/mol. The summed E-state index contributed by atoms with van der Waals surface area (Å²) in [4.78, 5) is 4.61. The van der Waals surface area contributed by atoms with Crippen LogP contribution >= 0.6 is 0 Å². The summed E-state index contributed by atoms with van der Waals surface area (Å²) in [7, 11) is -3.44. The zero-order chi connectivity index (χ0) is 16.0. The highest BCUT2D eigenvalue weighted by molar-refractivity contribution is 7.93. The van der Waals surface area contributed by atoms with Crippen LogP contribution in [0.5, 0.6) is 0 Å². The summed E-state index contributed by atoms with van der Waals surface area (Å²) in [6.07, 6.45) is 4.42. The molecule has 5 nitrogen and oxygen atoms in total. The van der Waals surface area contributed by atoms with Crippen molar-refractivity contribution < 1.29 is 8.42 Å². The minimum absolute atomic E-state index is 0.421. The number of hydrogen-bond donors (Lipinski definition) is 0. The van der Waals surface area contributed by atoms with Crippen molar-refractivity contribution in [3.63, 3.8) is 0 Å². The van der Waals surface area contributed by atoms with Crippen LogP contribution in [-0.4, -0.2) is 24.5 Å². The molecule has 1 aliphatic heterocycles. The Morgan fingerprint density at radius 2 is 1.87 bits per heavy atom. The summed E-state index contributed by atoms with van der Waals surface area (Å²) in [6.45, 7) is 3.17. The third-order valence-electron chi connectivity index (χ3n) is 4.37. The number of benzene rings is 2. The highest BCUT2D eigenvalue weighted by atomic mass is 32.2. The largest absolute Gasteiger partial charge is 0.335 e. The van der Waals surface area contributed by atoms with E-state index in [-0.39, 0.29) is 0 Å². The van der Waals surface area contributed by atoms with Gasteiger partial charge in [-0.05, 0) is 30.9 Å². The van der Waals surface area contributed by atoms with Crippen LogP contribution in [0.4, 0.5) is 5.69 Å². The van der Waals surface area contributed by atoms with Crippen molar-refractivity contribution in [2.75, 3.05) is 10.8 Å². The normalized spacial score (nSPS) is 15.4. The van der Waals surface area contributed by atoms with Gasteiger partial charge in [0.1, 0.15) is 5.82 Å². The lowest BCUT2D eigenvalue weighted by Gasteiger charge is -2.19. The van der Waals surface area contributed by atoms with Crippen molar-refractivity contribution >= 4 is 26.5 Å². The Kier molecular flexibility index (Phi) is 3.16. The van der Waals surface area contributed by atoms with Crippen LogP contribution in [-0.2, 0) is 16.6 Å². The molecule has 6 heteroatoms. The Balaban J connectivity index is 1.65. The fraction of sp³-hybridized carbons (Fsp3) is 0.235. The fourth-order valence-corrected chi connectivity index (χ4v) is 4.97. The molecule has 23 heavy (non-hydrogen) atoms. The van der Waals surface area contributed by atoms with Gasteiger partial charge in [0, 0.05) is 30.9 Å². The molecular weight excluding hydrogens is 310 g/mol. The van der Waals surface area contributed by atoms with Gasteiger partial charge in [0.2, 0.25) is 0 Å². The molecule has 4 rings (SSSR count). The van der Waals surface area contributed by atoms with Gasteiger partial charge in [-0.15, -0.1) is 0 Å². The van der Waals surface area contributed by atoms with Crippen LogP contribution in [0.1, 0.15) is 12.2 Å². The molecule has 0 saturated heterocycles. The lowest BCUT2D eigenvalue weighted by Crippen LogP contribution is -2.28. The number of imidazole rings is 1. The Morgan fingerprint density at radius 3 is 2.61 bits per heavy atom. The number of nitrogens with zero attached hydrogens (tertiary/aromatic N) is 3. The highest BCUT2D eigenvalue weighted by Crippen LogP contribution is 2.41. The van der Waals surface area contributed by atoms with E-state index in [4.69, 9.17) is 0 Å². The molecule has 0 aliphatic carbocycles. The molecule has 118 valence electrons. The first-order valence-corrected chi connectivity index (χ1v) is 9.05. The molecule has 0 amide bonds. The molecule has 0 unspecified atom stereocenters. The van der Waals surface area contributed by atoms with E-state index in [1.807, 2.05) is 42.0 Å². The number of anilines is 1. The van der Waals surface area contributed by atoms with Crippen molar-refractivity contribution in [1.82, 2.24) is 9.55 Å². The third kappa shape index (κ3) is 2.13. The van der Waals surface area contributed by atoms with Gasteiger partial charge >= 0.3 is 0 Å². The summed E-state index contributed by atoms with van der Waals surface area (Å²) in [6, 6.07) is 11.2. The molecule has 1 aromatic heterocycles. The Labute approximate surface area is 135 Å². The lowest BCUT2D eigenvalue weighted by molar-refractivity contribution is 0.585. The molecule has 0 fully saturated rings. The highest BCUT2D eigenvalue weighted by Gasteiger charge is 2.34. The van der Waals surface area contributed by atoms with Crippen molar-refractivity contribution in [3.8, 4) is 0 Å². The predicted molar refractivity (Wildman–Crippen MR) is 90.1 cm³/mol. The van der Waals surface area contributed by atoms with Crippen LogP contribution in [0.15, 0.2) is 53.7 Å². The van der Waals surface area contributed by atoms with Crippen LogP contribution in [0, 0.1) is 6.92 Å². The zero-order valence-corrected chi connectivity index (χ0v) is 13.6. The van der Waals surface area contributed by atoms with Crippen LogP contribution in [0.2, 0.25) is 0 Å². The first-order valence-electron chi connectivity index (χ1n) is 7.61. The smallest absolute Gasteiger partial charge is 0.265 e. The quantitative estimate of drug-likeness (QED) is 0.740. The van der Waals surface area contributed by atoms with Crippen LogP contribution < -0.4 is 4.31 Å². The van der Waals surface area contributed by atoms with Gasteiger partial charge < -0.3 is 4.57 Å². The molecule has 0 atom stereocenters. The molecule has 3 aromatic rings. The number of rotatable bonds is 4. The second-order valence-corrected chi connectivity index (χ2v) is 7.56. The van der Waals surface area contributed by atoms with Gasteiger partial charge in [0.25, 0.3) is 10.0 Å². The fourth-order valence-electron chi connectivity index (χ4n) is 3.22. The van der Waals surface area contributed by atoms with Crippen LogP contribution in [0.3, 0.4) is 0 Å². The summed E-state index contributed by atoms with van der Waals surface area (Å²) in [5.41, 5.74) is 0.792. The molecule has 2 heterocycles. The monoisotopic (exact) mass is 327 g/mol. The molecule has 0 radical (unpaired) electrons. The summed E-state index contributed by atoms with van der Waals surface area (Å²) in [5.74, 6) is 0.944. The molecule has 1 aliphatic rings. The first-order chi connectivity index (χ1) is 11.1. The van der Waals surface area contributed by atoms with E-state index in [2.05, 4.69) is 4.98 Å². The number of sulfonamides is 1. The van der Waals surface area contributed by atoms with Gasteiger partial charge in [-0.2, -0.15) is 0 Å². The summed E-state index contributed by atoms with van der Waals surface area (Å²) in [5, 5.41) is 1.81. The maximum absolute atomic E-state index is 12.8. The van der Waals surface area contributed by atoms with E-state index in [9.17, 15) is 8.42 Å². The molecular formula is C17H17N3O2S. The Morgan fingerprint density at radius 1 is 1.09 bits per heavy atom. The van der Waals surface area contributed by atoms with Crippen molar-refractivity contribution in [2.24, 2.45) is 0 Å². The SMILES string of the molecule is Cc1nccn1CCCN1c2cccc3cccc(c23)S1(=O)=O. The first kappa shape index (κ1) is 14.3. The van der Waals surface area contributed by atoms with Crippen molar-refractivity contribution in [2.45, 2.75) is 24.8 Å². The average Bonchev–Trinajstić information content (AvgIpc) is 3.04. The number of aromatic nitrogens is 2.